The number of carbonyl (C=O) groups excluding carboxylic acids is 2. The van der Waals surface area contributed by atoms with Gasteiger partial charge in [0.1, 0.15) is 17.1 Å². The lowest BCUT2D eigenvalue weighted by Crippen LogP contribution is -2.21. The molecule has 0 spiro atoms. The van der Waals surface area contributed by atoms with Crippen molar-refractivity contribution in [1.82, 2.24) is 10.1 Å². The van der Waals surface area contributed by atoms with Crippen molar-refractivity contribution >= 4 is 29.3 Å². The maximum atomic E-state index is 11.8. The molecule has 0 bridgehead atoms. The summed E-state index contributed by atoms with van der Waals surface area (Å²) in [4.78, 5) is 27.3. The molecule has 2 heterocycles. The van der Waals surface area contributed by atoms with E-state index in [1.54, 1.807) is 19.9 Å². The van der Waals surface area contributed by atoms with Gasteiger partial charge in [-0.1, -0.05) is 16.8 Å². The van der Waals surface area contributed by atoms with Crippen LogP contribution >= 0.6 is 11.6 Å². The van der Waals surface area contributed by atoms with Gasteiger partial charge in [0, 0.05) is 6.20 Å². The van der Waals surface area contributed by atoms with Crippen molar-refractivity contribution in [2.45, 2.75) is 13.8 Å². The summed E-state index contributed by atoms with van der Waals surface area (Å²) in [5.41, 5.74) is 0.643. The number of nitrogens with zero attached hydrogens (tertiary/aromatic N) is 2. The zero-order valence-electron chi connectivity index (χ0n) is 11.3. The summed E-state index contributed by atoms with van der Waals surface area (Å²) in [5.74, 6) is -0.509. The van der Waals surface area contributed by atoms with Gasteiger partial charge < -0.3 is 14.6 Å². The molecule has 0 aliphatic carbocycles. The van der Waals surface area contributed by atoms with Crippen molar-refractivity contribution in [2.75, 3.05) is 11.9 Å². The number of anilines is 1. The number of aromatic nitrogens is 2. The summed E-state index contributed by atoms with van der Waals surface area (Å²) in [7, 11) is 0. The van der Waals surface area contributed by atoms with Crippen LogP contribution in [0.1, 0.15) is 21.8 Å². The molecule has 2 aromatic rings. The molecule has 2 aromatic heterocycles. The van der Waals surface area contributed by atoms with E-state index in [1.165, 1.54) is 12.3 Å². The molecule has 0 radical (unpaired) electrons. The van der Waals surface area contributed by atoms with Gasteiger partial charge >= 0.3 is 5.97 Å². The first kappa shape index (κ1) is 15.0. The lowest BCUT2D eigenvalue weighted by atomic mass is 10.2. The molecule has 21 heavy (non-hydrogen) atoms. The maximum Gasteiger partial charge on any atom is 0.344 e. The van der Waals surface area contributed by atoms with E-state index in [-0.39, 0.29) is 5.56 Å². The van der Waals surface area contributed by atoms with E-state index >= 15 is 0 Å². The Morgan fingerprint density at radius 2 is 2.14 bits per heavy atom. The van der Waals surface area contributed by atoms with Gasteiger partial charge in [0.05, 0.1) is 10.7 Å². The Morgan fingerprint density at radius 1 is 1.38 bits per heavy atom. The minimum absolute atomic E-state index is 0.229. The van der Waals surface area contributed by atoms with Gasteiger partial charge in [-0.25, -0.2) is 9.78 Å². The highest BCUT2D eigenvalue weighted by Gasteiger charge is 2.19. The summed E-state index contributed by atoms with van der Waals surface area (Å²) in [6.07, 6.45) is 1.40. The number of carbonyl (C=O) groups is 2. The molecule has 7 nitrogen and oxygen atoms in total. The Morgan fingerprint density at radius 3 is 2.71 bits per heavy atom. The number of halogens is 1. The highest BCUT2D eigenvalue weighted by Crippen LogP contribution is 2.13. The monoisotopic (exact) mass is 309 g/mol. The van der Waals surface area contributed by atoms with E-state index in [9.17, 15) is 9.59 Å². The third kappa shape index (κ3) is 3.79. The van der Waals surface area contributed by atoms with Crippen LogP contribution in [-0.2, 0) is 9.53 Å². The van der Waals surface area contributed by atoms with E-state index < -0.39 is 18.5 Å². The molecule has 8 heteroatoms. The third-order valence-corrected chi connectivity index (χ3v) is 2.79. The SMILES string of the molecule is Cc1noc(C)c1C(=O)OCC(=O)Nc1ccc(Cl)cn1. The number of hydrogen-bond acceptors (Lipinski definition) is 6. The molecule has 0 saturated carbocycles. The van der Waals surface area contributed by atoms with Gasteiger partial charge in [0.25, 0.3) is 5.91 Å². The zero-order chi connectivity index (χ0) is 15.4. The van der Waals surface area contributed by atoms with Crippen molar-refractivity contribution in [3.63, 3.8) is 0 Å². The van der Waals surface area contributed by atoms with Gasteiger partial charge in [0.2, 0.25) is 0 Å². The minimum atomic E-state index is -0.662. The number of hydrogen-bond donors (Lipinski definition) is 1. The first-order chi connectivity index (χ1) is 9.97. The van der Waals surface area contributed by atoms with Crippen molar-refractivity contribution in [2.24, 2.45) is 0 Å². The van der Waals surface area contributed by atoms with Crippen LogP contribution in [0.2, 0.25) is 5.02 Å². The van der Waals surface area contributed by atoms with Gasteiger partial charge in [0.15, 0.2) is 6.61 Å². The highest BCUT2D eigenvalue weighted by molar-refractivity contribution is 6.30. The predicted molar refractivity (Wildman–Crippen MR) is 74.1 cm³/mol. The second-order valence-corrected chi connectivity index (χ2v) is 4.62. The number of pyridine rings is 1. The van der Waals surface area contributed by atoms with Crippen LogP contribution in [0.4, 0.5) is 5.82 Å². The van der Waals surface area contributed by atoms with E-state index in [4.69, 9.17) is 20.9 Å². The molecule has 2 rings (SSSR count). The summed E-state index contributed by atoms with van der Waals surface area (Å²) in [6, 6.07) is 3.12. The molecular formula is C13H12ClN3O4. The normalized spacial score (nSPS) is 10.2. The van der Waals surface area contributed by atoms with E-state index in [0.717, 1.165) is 0 Å². The highest BCUT2D eigenvalue weighted by atomic mass is 35.5. The van der Waals surface area contributed by atoms with Crippen molar-refractivity contribution in [3.8, 4) is 0 Å². The quantitative estimate of drug-likeness (QED) is 0.869. The molecule has 0 unspecified atom stereocenters. The van der Waals surface area contributed by atoms with Crippen LogP contribution in [0.25, 0.3) is 0 Å². The van der Waals surface area contributed by atoms with E-state index in [1.807, 2.05) is 0 Å². The number of nitrogens with one attached hydrogen (secondary N) is 1. The fourth-order valence-corrected chi connectivity index (χ4v) is 1.72. The molecule has 1 N–H and O–H groups in total. The number of esters is 1. The summed E-state index contributed by atoms with van der Waals surface area (Å²) < 4.78 is 9.76. The summed E-state index contributed by atoms with van der Waals surface area (Å²) in [5, 5.41) is 6.57. The molecule has 0 fully saturated rings. The van der Waals surface area contributed by atoms with Crippen LogP contribution < -0.4 is 5.32 Å². The number of ether oxygens (including phenoxy) is 1. The van der Waals surface area contributed by atoms with Gasteiger partial charge in [-0.15, -0.1) is 0 Å². The predicted octanol–water partition coefficient (Wildman–Crippen LogP) is 2.14. The molecule has 0 aromatic carbocycles. The molecular weight excluding hydrogens is 298 g/mol. The molecule has 1 amide bonds. The van der Waals surface area contributed by atoms with Crippen LogP contribution in [0.5, 0.6) is 0 Å². The number of aryl methyl sites for hydroxylation is 2. The first-order valence-electron chi connectivity index (χ1n) is 5.99. The topological polar surface area (TPSA) is 94.3 Å². The van der Waals surface area contributed by atoms with Crippen molar-refractivity contribution < 1.29 is 18.8 Å². The smallest absolute Gasteiger partial charge is 0.344 e. The summed E-state index contributed by atoms with van der Waals surface area (Å²) in [6.45, 7) is 2.77. The Hall–Kier alpha value is -2.41. The number of rotatable bonds is 4. The van der Waals surface area contributed by atoms with E-state index in [2.05, 4.69) is 15.5 Å². The molecule has 0 atom stereocenters. The average Bonchev–Trinajstić information content (AvgIpc) is 2.78. The summed E-state index contributed by atoms with van der Waals surface area (Å²) >= 11 is 5.68. The maximum absolute atomic E-state index is 11.8. The molecule has 0 aliphatic heterocycles. The minimum Gasteiger partial charge on any atom is -0.452 e. The molecule has 0 aliphatic rings. The lowest BCUT2D eigenvalue weighted by molar-refractivity contribution is -0.119. The van der Waals surface area contributed by atoms with Gasteiger partial charge in [-0.05, 0) is 26.0 Å². The van der Waals surface area contributed by atoms with Crippen LogP contribution in [0.3, 0.4) is 0 Å². The second kappa shape index (κ2) is 6.36. The van der Waals surface area contributed by atoms with Crippen molar-refractivity contribution in [3.05, 3.63) is 40.4 Å². The Bertz CT molecular complexity index is 647. The van der Waals surface area contributed by atoms with Gasteiger partial charge in [-0.2, -0.15) is 0 Å². The van der Waals surface area contributed by atoms with Gasteiger partial charge in [-0.3, -0.25) is 4.79 Å². The Kier molecular flexibility index (Phi) is 4.54. The fourth-order valence-electron chi connectivity index (χ4n) is 1.61. The van der Waals surface area contributed by atoms with Crippen LogP contribution in [-0.4, -0.2) is 28.6 Å². The lowest BCUT2D eigenvalue weighted by Gasteiger charge is -2.05. The van der Waals surface area contributed by atoms with Crippen LogP contribution in [0, 0.1) is 13.8 Å². The largest absolute Gasteiger partial charge is 0.452 e. The number of amides is 1. The van der Waals surface area contributed by atoms with Crippen molar-refractivity contribution in [1.29, 1.82) is 0 Å². The average molecular weight is 310 g/mol. The fraction of sp³-hybridized carbons (Fsp3) is 0.231. The Labute approximate surface area is 125 Å². The van der Waals surface area contributed by atoms with E-state index in [0.29, 0.717) is 22.3 Å². The molecule has 110 valence electrons. The zero-order valence-corrected chi connectivity index (χ0v) is 12.1. The second-order valence-electron chi connectivity index (χ2n) is 4.19. The standard InChI is InChI=1S/C13H12ClN3O4/c1-7-12(8(2)21-17-7)13(19)20-6-11(18)16-10-4-3-9(14)5-15-10/h3-5H,6H2,1-2H3,(H,15,16,18). The van der Waals surface area contributed by atoms with Crippen LogP contribution in [0.15, 0.2) is 22.9 Å². The Balaban J connectivity index is 1.89. The third-order valence-electron chi connectivity index (χ3n) is 2.57. The molecule has 0 saturated heterocycles. The first-order valence-corrected chi connectivity index (χ1v) is 6.36.